The molecule has 4 nitrogen and oxygen atoms in total. The highest BCUT2D eigenvalue weighted by molar-refractivity contribution is 5.83. The quantitative estimate of drug-likeness (QED) is 0.796. The van der Waals surface area contributed by atoms with Crippen molar-refractivity contribution >= 4 is 11.8 Å². The second-order valence-electron chi connectivity index (χ2n) is 6.50. The molecule has 0 aliphatic carbocycles. The van der Waals surface area contributed by atoms with Crippen molar-refractivity contribution in [3.05, 3.63) is 35.4 Å². The maximum Gasteiger partial charge on any atom is 0.416 e. The maximum absolute atomic E-state index is 13.1. The van der Waals surface area contributed by atoms with E-state index >= 15 is 0 Å². The molecule has 26 heavy (non-hydrogen) atoms. The Balaban J connectivity index is 2.38. The summed E-state index contributed by atoms with van der Waals surface area (Å²) in [6.07, 6.45) is -4.13. The first-order chi connectivity index (χ1) is 12.2. The summed E-state index contributed by atoms with van der Waals surface area (Å²) in [6.45, 7) is 7.05. The molecular weight excluding hydrogens is 345 g/mol. The van der Waals surface area contributed by atoms with Gasteiger partial charge in [0.2, 0.25) is 11.8 Å². The number of halogens is 3. The van der Waals surface area contributed by atoms with Crippen molar-refractivity contribution in [1.82, 2.24) is 9.80 Å². The summed E-state index contributed by atoms with van der Waals surface area (Å²) in [5.74, 6) is -1.14. The van der Waals surface area contributed by atoms with Crippen LogP contribution in [0.4, 0.5) is 13.2 Å². The van der Waals surface area contributed by atoms with Gasteiger partial charge in [0.05, 0.1) is 11.5 Å². The Kier molecular flexibility index (Phi) is 6.31. The molecule has 2 amide bonds. The van der Waals surface area contributed by atoms with Crippen molar-refractivity contribution in [3.8, 4) is 0 Å². The van der Waals surface area contributed by atoms with Crippen LogP contribution in [0.3, 0.4) is 0 Å². The molecule has 2 unspecified atom stereocenters. The van der Waals surface area contributed by atoms with E-state index in [0.717, 1.165) is 12.1 Å². The molecule has 2 atom stereocenters. The molecule has 0 spiro atoms. The number of likely N-dealkylation sites (tertiary alicyclic amines) is 1. The van der Waals surface area contributed by atoms with Crippen LogP contribution in [0.2, 0.25) is 0 Å². The van der Waals surface area contributed by atoms with Crippen molar-refractivity contribution < 1.29 is 22.8 Å². The van der Waals surface area contributed by atoms with Crippen LogP contribution in [0.25, 0.3) is 0 Å². The Morgan fingerprint density at radius 2 is 1.81 bits per heavy atom. The van der Waals surface area contributed by atoms with Crippen molar-refractivity contribution in [3.63, 3.8) is 0 Å². The van der Waals surface area contributed by atoms with E-state index in [-0.39, 0.29) is 24.9 Å². The summed E-state index contributed by atoms with van der Waals surface area (Å²) in [5, 5.41) is 0. The largest absolute Gasteiger partial charge is 0.416 e. The first kappa shape index (κ1) is 20.3. The Morgan fingerprint density at radius 1 is 1.15 bits per heavy atom. The van der Waals surface area contributed by atoms with Crippen molar-refractivity contribution in [2.24, 2.45) is 5.92 Å². The zero-order chi connectivity index (χ0) is 19.5. The molecule has 1 saturated heterocycles. The molecule has 0 bridgehead atoms. The summed E-state index contributed by atoms with van der Waals surface area (Å²) in [6, 6.07) is 5.10. The van der Waals surface area contributed by atoms with Gasteiger partial charge in [-0.1, -0.05) is 25.1 Å². The maximum atomic E-state index is 13.1. The van der Waals surface area contributed by atoms with Gasteiger partial charge < -0.3 is 9.80 Å². The zero-order valence-electron chi connectivity index (χ0n) is 15.3. The lowest BCUT2D eigenvalue weighted by atomic mass is 9.87. The van der Waals surface area contributed by atoms with E-state index in [2.05, 4.69) is 0 Å². The van der Waals surface area contributed by atoms with Crippen LogP contribution in [0.1, 0.15) is 44.2 Å². The summed E-state index contributed by atoms with van der Waals surface area (Å²) >= 11 is 0. The molecule has 0 saturated carbocycles. The molecule has 1 fully saturated rings. The fourth-order valence-corrected chi connectivity index (χ4v) is 3.53. The number of rotatable bonds is 5. The average molecular weight is 370 g/mol. The Labute approximate surface area is 152 Å². The van der Waals surface area contributed by atoms with Gasteiger partial charge in [0.1, 0.15) is 0 Å². The van der Waals surface area contributed by atoms with Gasteiger partial charge in [-0.15, -0.1) is 0 Å². The number of hydrogen-bond acceptors (Lipinski definition) is 2. The molecule has 1 aromatic carbocycles. The first-order valence-corrected chi connectivity index (χ1v) is 8.96. The molecule has 1 aromatic rings. The van der Waals surface area contributed by atoms with Gasteiger partial charge in [-0.25, -0.2) is 0 Å². The highest BCUT2D eigenvalue weighted by Gasteiger charge is 2.42. The molecule has 7 heteroatoms. The summed E-state index contributed by atoms with van der Waals surface area (Å²) < 4.78 is 39.2. The number of alkyl halides is 3. The fourth-order valence-electron chi connectivity index (χ4n) is 3.53. The Hall–Kier alpha value is -2.05. The molecule has 0 N–H and O–H groups in total. The standard InChI is InChI=1S/C19H25F3N2O2/c1-4-17(25)24-11-15(16(12-24)18(26)23(5-2)6-3)13-8-7-9-14(10-13)19(20,21)22/h7-10,15-16H,4-6,11-12H2,1-3H3. The molecule has 1 aliphatic heterocycles. The summed E-state index contributed by atoms with van der Waals surface area (Å²) in [7, 11) is 0. The van der Waals surface area contributed by atoms with Crippen LogP contribution in [-0.4, -0.2) is 47.8 Å². The molecule has 1 heterocycles. The normalized spacial score (nSPS) is 20.3. The van der Waals surface area contributed by atoms with Crippen LogP contribution < -0.4 is 0 Å². The molecule has 0 aromatic heterocycles. The van der Waals surface area contributed by atoms with E-state index in [1.165, 1.54) is 6.07 Å². The van der Waals surface area contributed by atoms with Gasteiger partial charge in [0, 0.05) is 38.5 Å². The molecule has 144 valence electrons. The van der Waals surface area contributed by atoms with Crippen LogP contribution in [-0.2, 0) is 15.8 Å². The lowest BCUT2D eigenvalue weighted by Crippen LogP contribution is -2.39. The molecular formula is C19H25F3N2O2. The van der Waals surface area contributed by atoms with Gasteiger partial charge in [-0.2, -0.15) is 13.2 Å². The van der Waals surface area contributed by atoms with E-state index in [1.54, 1.807) is 22.8 Å². The van der Waals surface area contributed by atoms with Gasteiger partial charge in [-0.3, -0.25) is 9.59 Å². The topological polar surface area (TPSA) is 40.6 Å². The van der Waals surface area contributed by atoms with E-state index in [4.69, 9.17) is 0 Å². The smallest absolute Gasteiger partial charge is 0.343 e. The minimum atomic E-state index is -4.44. The Bertz CT molecular complexity index is 656. The molecule has 1 aliphatic rings. The average Bonchev–Trinajstić information content (AvgIpc) is 3.06. The predicted molar refractivity (Wildman–Crippen MR) is 92.5 cm³/mol. The highest BCUT2D eigenvalue weighted by Crippen LogP contribution is 2.37. The second-order valence-corrected chi connectivity index (χ2v) is 6.50. The minimum Gasteiger partial charge on any atom is -0.343 e. The third-order valence-corrected chi connectivity index (χ3v) is 5.01. The lowest BCUT2D eigenvalue weighted by Gasteiger charge is -2.26. The zero-order valence-corrected chi connectivity index (χ0v) is 15.3. The van der Waals surface area contributed by atoms with Crippen LogP contribution >= 0.6 is 0 Å². The summed E-state index contributed by atoms with van der Waals surface area (Å²) in [5.41, 5.74) is -0.277. The van der Waals surface area contributed by atoms with Gasteiger partial charge >= 0.3 is 6.18 Å². The van der Waals surface area contributed by atoms with E-state index in [1.807, 2.05) is 13.8 Å². The van der Waals surface area contributed by atoms with E-state index in [9.17, 15) is 22.8 Å². The van der Waals surface area contributed by atoms with E-state index in [0.29, 0.717) is 25.1 Å². The number of benzene rings is 1. The minimum absolute atomic E-state index is 0.0863. The summed E-state index contributed by atoms with van der Waals surface area (Å²) in [4.78, 5) is 28.3. The van der Waals surface area contributed by atoms with Crippen molar-refractivity contribution in [2.75, 3.05) is 26.2 Å². The molecule has 0 radical (unpaired) electrons. The fraction of sp³-hybridized carbons (Fsp3) is 0.579. The SMILES string of the molecule is CCC(=O)N1CC(C(=O)N(CC)CC)C(c2cccc(C(F)(F)F)c2)C1. The molecule has 2 rings (SSSR count). The number of hydrogen-bond donors (Lipinski definition) is 0. The predicted octanol–water partition coefficient (Wildman–Crippen LogP) is 3.53. The third-order valence-electron chi connectivity index (χ3n) is 5.01. The monoisotopic (exact) mass is 370 g/mol. The number of amides is 2. The Morgan fingerprint density at radius 3 is 2.35 bits per heavy atom. The van der Waals surface area contributed by atoms with Crippen molar-refractivity contribution in [2.45, 2.75) is 39.3 Å². The lowest BCUT2D eigenvalue weighted by molar-refractivity contribution is -0.137. The number of nitrogens with zero attached hydrogens (tertiary/aromatic N) is 2. The number of carbonyl (C=O) groups excluding carboxylic acids is 2. The number of carbonyl (C=O) groups is 2. The first-order valence-electron chi connectivity index (χ1n) is 8.96. The van der Waals surface area contributed by atoms with Gasteiger partial charge in [0.25, 0.3) is 0 Å². The van der Waals surface area contributed by atoms with Crippen molar-refractivity contribution in [1.29, 1.82) is 0 Å². The second kappa shape index (κ2) is 8.10. The van der Waals surface area contributed by atoms with Gasteiger partial charge in [0.15, 0.2) is 0 Å². The van der Waals surface area contributed by atoms with Crippen LogP contribution in [0.15, 0.2) is 24.3 Å². The van der Waals surface area contributed by atoms with Gasteiger partial charge in [-0.05, 0) is 25.5 Å². The highest BCUT2D eigenvalue weighted by atomic mass is 19.4. The van der Waals surface area contributed by atoms with E-state index < -0.39 is 23.6 Å². The third kappa shape index (κ3) is 4.19. The van der Waals surface area contributed by atoms with Crippen LogP contribution in [0.5, 0.6) is 0 Å². The van der Waals surface area contributed by atoms with Crippen LogP contribution in [0, 0.1) is 5.92 Å².